The molecule has 5 rings (SSSR count). The van der Waals surface area contributed by atoms with E-state index in [1.54, 1.807) is 0 Å². The molecule has 182 valence electrons. The summed E-state index contributed by atoms with van der Waals surface area (Å²) < 4.78 is 76.4. The predicted molar refractivity (Wildman–Crippen MR) is 113 cm³/mol. The first-order chi connectivity index (χ1) is 16.6. The molecule has 2 aliphatic heterocycles. The van der Waals surface area contributed by atoms with Crippen LogP contribution in [0.25, 0.3) is 5.69 Å². The number of benzene rings is 1. The van der Waals surface area contributed by atoms with Crippen molar-refractivity contribution in [3.05, 3.63) is 63.7 Å². The molecule has 0 radical (unpaired) electrons. The molecule has 3 aromatic rings. The first-order valence-corrected chi connectivity index (χ1v) is 10.6. The van der Waals surface area contributed by atoms with Gasteiger partial charge in [0.15, 0.2) is 11.5 Å². The number of pyridine rings is 1. The second-order valence-corrected chi connectivity index (χ2v) is 8.24. The van der Waals surface area contributed by atoms with Crippen LogP contribution < -0.4 is 5.32 Å². The molecule has 1 fully saturated rings. The van der Waals surface area contributed by atoms with Crippen LogP contribution in [-0.2, 0) is 15.7 Å². The van der Waals surface area contributed by atoms with Gasteiger partial charge in [-0.05, 0) is 19.1 Å². The van der Waals surface area contributed by atoms with Crippen molar-refractivity contribution in [1.82, 2.24) is 19.7 Å². The zero-order valence-corrected chi connectivity index (χ0v) is 18.5. The molecule has 1 aromatic carbocycles. The molecule has 0 unspecified atom stereocenters. The van der Waals surface area contributed by atoms with Gasteiger partial charge >= 0.3 is 6.18 Å². The lowest BCUT2D eigenvalue weighted by Gasteiger charge is -2.23. The lowest BCUT2D eigenvalue weighted by Crippen LogP contribution is -2.38. The number of nitrogens with one attached hydrogen (secondary N) is 1. The maximum absolute atomic E-state index is 14.7. The average Bonchev–Trinajstić information content (AvgIpc) is 3.09. The number of anilines is 1. The van der Waals surface area contributed by atoms with E-state index in [2.05, 4.69) is 25.4 Å². The van der Waals surface area contributed by atoms with Crippen molar-refractivity contribution < 1.29 is 31.5 Å². The lowest BCUT2D eigenvalue weighted by atomic mass is 9.99. The normalized spacial score (nSPS) is 17.7. The molecule has 4 heterocycles. The maximum Gasteiger partial charge on any atom is 0.434 e. The maximum atomic E-state index is 14.7. The highest BCUT2D eigenvalue weighted by Crippen LogP contribution is 2.40. The number of rotatable bonds is 3. The van der Waals surface area contributed by atoms with Gasteiger partial charge < -0.3 is 4.74 Å². The van der Waals surface area contributed by atoms with Gasteiger partial charge in [0.2, 0.25) is 11.9 Å². The van der Waals surface area contributed by atoms with Crippen LogP contribution in [0, 0.1) is 17.6 Å². The third kappa shape index (κ3) is 3.93. The summed E-state index contributed by atoms with van der Waals surface area (Å²) in [6.07, 6.45) is -4.14. The topological polar surface area (TPSA) is 94.3 Å². The minimum atomic E-state index is -4.96. The van der Waals surface area contributed by atoms with Crippen molar-refractivity contribution in [3.8, 4) is 5.69 Å². The SMILES string of the molecule is C[C@@H]1N=C(c2c(F)cccc2F)c2c(cnc(C(F)(F)F)c2Cl)-n2nc(NC(=O)C3COC3)nc21. The number of halogens is 6. The molecule has 2 aromatic heterocycles. The van der Waals surface area contributed by atoms with E-state index in [1.165, 1.54) is 6.92 Å². The van der Waals surface area contributed by atoms with Crippen LogP contribution >= 0.6 is 11.6 Å². The Kier molecular flexibility index (Phi) is 5.55. The van der Waals surface area contributed by atoms with E-state index < -0.39 is 57.3 Å². The van der Waals surface area contributed by atoms with Gasteiger partial charge in [0.1, 0.15) is 17.7 Å². The van der Waals surface area contributed by atoms with E-state index in [1.807, 2.05) is 0 Å². The Labute approximate surface area is 198 Å². The van der Waals surface area contributed by atoms with Crippen LogP contribution in [0.5, 0.6) is 0 Å². The molecule has 1 amide bonds. The third-order valence-electron chi connectivity index (χ3n) is 5.50. The van der Waals surface area contributed by atoms with Crippen LogP contribution in [-0.4, -0.2) is 44.6 Å². The summed E-state index contributed by atoms with van der Waals surface area (Å²) in [6, 6.07) is 2.06. The van der Waals surface area contributed by atoms with Crippen LogP contribution in [0.4, 0.5) is 27.9 Å². The first-order valence-electron chi connectivity index (χ1n) is 10.2. The quantitative estimate of drug-likeness (QED) is 0.533. The molecule has 0 bridgehead atoms. The molecule has 2 aliphatic rings. The summed E-state index contributed by atoms with van der Waals surface area (Å²) in [5, 5.41) is 5.79. The minimum Gasteiger partial charge on any atom is -0.380 e. The van der Waals surface area contributed by atoms with Gasteiger partial charge in [-0.25, -0.2) is 18.4 Å². The molecule has 0 aliphatic carbocycles. The summed E-state index contributed by atoms with van der Waals surface area (Å²) >= 11 is 6.15. The number of alkyl halides is 3. The monoisotopic (exact) mass is 512 g/mol. The van der Waals surface area contributed by atoms with Crippen molar-refractivity contribution in [2.75, 3.05) is 18.5 Å². The standard InChI is InChI=1S/C21H14ClF5N6O2/c1-8-18-30-20(31-19(34)9-6-35-7-9)32-33(18)12-5-28-17(21(25,26)27)15(22)14(12)16(29-8)13-10(23)3-2-4-11(13)24/h2-5,8-9H,6-7H2,1H3,(H,31,32,34)/t8-/m0/s1. The molecular weight excluding hydrogens is 499 g/mol. The van der Waals surface area contributed by atoms with Crippen LogP contribution in [0.1, 0.15) is 35.6 Å². The van der Waals surface area contributed by atoms with Crippen molar-refractivity contribution >= 4 is 29.2 Å². The van der Waals surface area contributed by atoms with E-state index in [-0.39, 0.29) is 36.6 Å². The van der Waals surface area contributed by atoms with Crippen molar-refractivity contribution in [2.45, 2.75) is 19.1 Å². The number of carbonyl (C=O) groups is 1. The zero-order valence-electron chi connectivity index (χ0n) is 17.7. The summed E-state index contributed by atoms with van der Waals surface area (Å²) in [7, 11) is 0. The number of aliphatic imine (C=N–C) groups is 1. The largest absolute Gasteiger partial charge is 0.434 e. The second-order valence-electron chi connectivity index (χ2n) is 7.86. The van der Waals surface area contributed by atoms with Gasteiger partial charge in [-0.1, -0.05) is 17.7 Å². The molecular formula is C21H14ClF5N6O2. The Balaban J connectivity index is 1.73. The van der Waals surface area contributed by atoms with E-state index in [4.69, 9.17) is 16.3 Å². The lowest BCUT2D eigenvalue weighted by molar-refractivity contribution is -0.141. The van der Waals surface area contributed by atoms with E-state index in [9.17, 15) is 26.7 Å². The summed E-state index contributed by atoms with van der Waals surface area (Å²) in [5.41, 5.74) is -3.16. The fraction of sp³-hybridized carbons (Fsp3) is 0.286. The van der Waals surface area contributed by atoms with Gasteiger partial charge in [-0.2, -0.15) is 18.2 Å². The number of amides is 1. The Morgan fingerprint density at radius 3 is 2.49 bits per heavy atom. The smallest absolute Gasteiger partial charge is 0.380 e. The Morgan fingerprint density at radius 1 is 1.20 bits per heavy atom. The number of hydrogen-bond acceptors (Lipinski definition) is 6. The van der Waals surface area contributed by atoms with Crippen molar-refractivity contribution in [1.29, 1.82) is 0 Å². The van der Waals surface area contributed by atoms with E-state index >= 15 is 0 Å². The van der Waals surface area contributed by atoms with Crippen LogP contribution in [0.15, 0.2) is 29.4 Å². The molecule has 1 saturated heterocycles. The van der Waals surface area contributed by atoms with E-state index in [0.717, 1.165) is 29.1 Å². The Hall–Kier alpha value is -3.45. The summed E-state index contributed by atoms with van der Waals surface area (Å²) in [5.74, 6) is -2.94. The number of ether oxygens (including phenoxy) is 1. The minimum absolute atomic E-state index is 0.0794. The molecule has 1 N–H and O–H groups in total. The number of fused-ring (bicyclic) bond motifs is 3. The highest BCUT2D eigenvalue weighted by molar-refractivity contribution is 6.37. The second kappa shape index (κ2) is 8.34. The van der Waals surface area contributed by atoms with Crippen LogP contribution in [0.2, 0.25) is 5.02 Å². The highest BCUT2D eigenvalue weighted by Gasteiger charge is 2.40. The van der Waals surface area contributed by atoms with Crippen LogP contribution in [0.3, 0.4) is 0 Å². The molecule has 0 saturated carbocycles. The number of carbonyl (C=O) groups excluding carboxylic acids is 1. The number of hydrogen-bond donors (Lipinski definition) is 1. The summed E-state index contributed by atoms with van der Waals surface area (Å²) in [4.78, 5) is 24.2. The van der Waals surface area contributed by atoms with E-state index in [0.29, 0.717) is 0 Å². The number of aromatic nitrogens is 4. The molecule has 0 spiro atoms. The fourth-order valence-corrected chi connectivity index (χ4v) is 4.06. The first kappa shape index (κ1) is 23.3. The zero-order chi connectivity index (χ0) is 25.1. The predicted octanol–water partition coefficient (Wildman–Crippen LogP) is 4.11. The average molecular weight is 513 g/mol. The van der Waals surface area contributed by atoms with Crippen molar-refractivity contribution in [3.63, 3.8) is 0 Å². The van der Waals surface area contributed by atoms with Crippen molar-refractivity contribution in [2.24, 2.45) is 10.9 Å². The van der Waals surface area contributed by atoms with Gasteiger partial charge in [0, 0.05) is 5.56 Å². The Bertz CT molecular complexity index is 1370. The Morgan fingerprint density at radius 2 is 1.89 bits per heavy atom. The third-order valence-corrected chi connectivity index (χ3v) is 5.87. The van der Waals surface area contributed by atoms with Gasteiger partial charge in [0.05, 0.1) is 47.3 Å². The molecule has 8 nitrogen and oxygen atoms in total. The van der Waals surface area contributed by atoms with Gasteiger partial charge in [-0.15, -0.1) is 5.10 Å². The molecule has 14 heteroatoms. The molecule has 1 atom stereocenters. The van der Waals surface area contributed by atoms with Gasteiger partial charge in [0.25, 0.3) is 0 Å². The molecule has 35 heavy (non-hydrogen) atoms. The summed E-state index contributed by atoms with van der Waals surface area (Å²) in [6.45, 7) is 1.98. The van der Waals surface area contributed by atoms with Gasteiger partial charge in [-0.3, -0.25) is 15.1 Å². The highest BCUT2D eigenvalue weighted by atomic mass is 35.5. The number of nitrogens with zero attached hydrogens (tertiary/aromatic N) is 5. The fourth-order valence-electron chi connectivity index (χ4n) is 3.71.